The van der Waals surface area contributed by atoms with Crippen molar-refractivity contribution >= 4 is 99.5 Å². The van der Waals surface area contributed by atoms with Gasteiger partial charge in [0.1, 0.15) is 44.7 Å². The summed E-state index contributed by atoms with van der Waals surface area (Å²) in [5.41, 5.74) is 1.75. The van der Waals surface area contributed by atoms with E-state index in [0.29, 0.717) is 117 Å². The standard InChI is InChI=1S/C35H31F5N4O2S.C31H26ClF4N5O2S2.C28H23F4N5O3S/c1-47(46,30-12-7-27(37)8-13-30)43(21-22-2-3-22)29-9-4-24-17-32-23(20-42-44(32)28-10-5-26(36)6-11-28)18-34(24,19-29)33(45)31-16-25(14-15-41-31)35(38,39)40;1-45(43,24-10-11-27(32)37-16-24)41(22-8-9-22)23-5-2-19-12-25-18(15-39-40(25)21-6-3-20(33)4-7-21)13-30(19,14-23)28(42)29-38-17-26(44-29)31(34,35)36;1-36-11-10-25(35-36)41(39,40)22-8-2-18-12-24-17(15-34-37(24)21-6-4-20(29)5-7-21)13-27(18,14-22)26(38)23-9-3-19(16-33-23)28(30,31)32/h5-8,10-17,20,22,29H,1-4,9,18-19,21H2;3-4,6-7,10-12,15-17,22-23H,1-2,5,8-9,13-14H2;3-7,9-12,15-16,22H,2,8,13-14H2,1H3/t29-,34-,47?;23-,30-,45?;22-,27-/m000/s1. The topological polar surface area (TPSA) is 249 Å². The summed E-state index contributed by atoms with van der Waals surface area (Å²) in [5.74, 6) is 5.28. The largest absolute Gasteiger partial charge is 0.427 e. The Morgan fingerprint density at radius 2 is 0.962 bits per heavy atom. The lowest BCUT2D eigenvalue weighted by molar-refractivity contribution is -0.138. The fourth-order valence-electron chi connectivity index (χ4n) is 19.3. The Hall–Kier alpha value is -11.7. The minimum atomic E-state index is -4.67. The first-order valence-electron chi connectivity index (χ1n) is 42.4. The summed E-state index contributed by atoms with van der Waals surface area (Å²) in [4.78, 5) is 59.1. The summed E-state index contributed by atoms with van der Waals surface area (Å²) in [5, 5.41) is 16.5. The average molecular weight is 1930 g/mol. The Morgan fingerprint density at radius 3 is 1.42 bits per heavy atom. The van der Waals surface area contributed by atoms with Crippen LogP contribution in [-0.4, -0.2) is 144 Å². The lowest BCUT2D eigenvalue weighted by Crippen LogP contribution is -2.51. The highest BCUT2D eigenvalue weighted by atomic mass is 35.5. The number of halogens is 14. The fourth-order valence-corrected chi connectivity index (χ4v) is 26.0. The zero-order valence-corrected chi connectivity index (χ0v) is 74.5. The SMILES string of the molecule is C=S(=O)(c1ccc(Cl)nc1)N(C1CC1)[C@H]1CCC2=Cc3c(cnn3-c3ccc(F)cc3)C[C@]2(C(=O)c2ncc(C(F)(F)F)s2)C1.C=S(=O)(c1ccc(F)cc1)N(CC1CC1)[C@H]1CCC2=Cc3c(cnn3-c3ccc(F)cc3)C[C@]2(C(=O)c2cc(C(F)(F)F)ccn2)C1.Cn1ccc(S(=O)(=O)[C@H]2CCC3=Cc4c(cnn4-c4ccc(F)cc4)C[C@]3(C(=O)c3ccc(C(F)(F)F)cn3)C2)n1. The summed E-state index contributed by atoms with van der Waals surface area (Å²) in [6.45, 7) is 0.462. The monoisotopic (exact) mass is 1930 g/mol. The number of hydrogen-bond donors (Lipinski definition) is 0. The Labute approximate surface area is 763 Å². The predicted molar refractivity (Wildman–Crippen MR) is 472 cm³/mol. The first-order valence-corrected chi connectivity index (χ1v) is 48.5. The van der Waals surface area contributed by atoms with Crippen molar-refractivity contribution in [1.29, 1.82) is 0 Å². The number of pyridine rings is 3. The van der Waals surface area contributed by atoms with Gasteiger partial charge in [0.15, 0.2) is 31.4 Å². The van der Waals surface area contributed by atoms with Crippen LogP contribution in [0.1, 0.15) is 164 Å². The van der Waals surface area contributed by atoms with Crippen LogP contribution in [0, 0.1) is 45.4 Å². The van der Waals surface area contributed by atoms with E-state index in [2.05, 4.69) is 52.1 Å². The van der Waals surface area contributed by atoms with Gasteiger partial charge in [-0.2, -0.15) is 59.9 Å². The second-order valence-corrected chi connectivity index (χ2v) is 42.7. The molecule has 8 aliphatic carbocycles. The number of allylic oxidation sites excluding steroid dienone is 3. The Kier molecular flexibility index (Phi) is 23.9. The molecular formula is C94H80ClF13N14O7S4. The van der Waals surface area contributed by atoms with E-state index in [4.69, 9.17) is 11.6 Å². The third-order valence-corrected chi connectivity index (χ3v) is 34.0. The van der Waals surface area contributed by atoms with E-state index in [-0.39, 0.29) is 95.8 Å². The molecule has 0 N–H and O–H groups in total. The van der Waals surface area contributed by atoms with Gasteiger partial charge in [-0.15, -0.1) is 11.3 Å². The molecule has 0 aliphatic heterocycles. The van der Waals surface area contributed by atoms with Crippen LogP contribution in [0.15, 0.2) is 221 Å². The van der Waals surface area contributed by atoms with E-state index in [1.54, 1.807) is 94.3 Å². The molecule has 690 valence electrons. The van der Waals surface area contributed by atoms with Gasteiger partial charge in [-0.05, 0) is 295 Å². The van der Waals surface area contributed by atoms with Gasteiger partial charge in [-0.1, -0.05) is 28.3 Å². The van der Waals surface area contributed by atoms with Gasteiger partial charge in [0.2, 0.25) is 5.78 Å². The third-order valence-electron chi connectivity index (χ3n) is 26.2. The molecular weight excluding hydrogens is 1850 g/mol. The van der Waals surface area contributed by atoms with Crippen LogP contribution < -0.4 is 0 Å². The van der Waals surface area contributed by atoms with Gasteiger partial charge in [0.25, 0.3) is 0 Å². The van der Waals surface area contributed by atoms with Crippen molar-refractivity contribution in [3.05, 3.63) is 300 Å². The average Bonchev–Trinajstić information content (AvgIpc) is 1.71. The second-order valence-electron chi connectivity index (χ2n) is 34.7. The molecule has 4 aromatic carbocycles. The van der Waals surface area contributed by atoms with Crippen LogP contribution in [0.4, 0.5) is 57.1 Å². The molecule has 5 fully saturated rings. The Morgan fingerprint density at radius 1 is 0.481 bits per heavy atom. The van der Waals surface area contributed by atoms with Crippen molar-refractivity contribution in [3.8, 4) is 17.1 Å². The highest BCUT2D eigenvalue weighted by Crippen LogP contribution is 2.57. The number of carbonyl (C=O) groups is 3. The van der Waals surface area contributed by atoms with Crippen LogP contribution in [0.3, 0.4) is 0 Å². The number of nitrogens with zero attached hydrogens (tertiary/aromatic N) is 14. The predicted octanol–water partition coefficient (Wildman–Crippen LogP) is 19.4. The van der Waals surface area contributed by atoms with E-state index in [1.165, 1.54) is 83.8 Å². The van der Waals surface area contributed by atoms with E-state index in [1.807, 2.05) is 20.8 Å². The molecule has 0 bridgehead atoms. The van der Waals surface area contributed by atoms with Gasteiger partial charge in [-0.25, -0.2) is 67.0 Å². The minimum Gasteiger partial charge on any atom is -0.291 e. The van der Waals surface area contributed by atoms with Crippen molar-refractivity contribution in [2.45, 2.75) is 159 Å². The van der Waals surface area contributed by atoms with Crippen molar-refractivity contribution in [1.82, 2.24) is 67.7 Å². The molecule has 12 aromatic rings. The highest BCUT2D eigenvalue weighted by molar-refractivity contribution is 7.98. The molecule has 0 spiro atoms. The number of hydrogen-bond acceptors (Lipinski definition) is 16. The zero-order valence-electron chi connectivity index (χ0n) is 70.5. The molecule has 8 aliphatic rings. The van der Waals surface area contributed by atoms with E-state index in [0.717, 1.165) is 78.5 Å². The van der Waals surface area contributed by atoms with Crippen molar-refractivity contribution in [2.24, 2.45) is 29.2 Å². The molecule has 8 aromatic heterocycles. The number of benzene rings is 4. The molecule has 39 heteroatoms. The maximum absolute atomic E-state index is 14.6. The normalized spacial score (nSPS) is 22.0. The van der Waals surface area contributed by atoms with Gasteiger partial charge in [0.05, 0.1) is 116 Å². The van der Waals surface area contributed by atoms with Gasteiger partial charge in [-0.3, -0.25) is 29.0 Å². The van der Waals surface area contributed by atoms with Crippen molar-refractivity contribution in [3.63, 3.8) is 0 Å². The molecule has 20 rings (SSSR count). The molecule has 21 nitrogen and oxygen atoms in total. The number of carbonyl (C=O) groups excluding carboxylic acids is 3. The van der Waals surface area contributed by atoms with Gasteiger partial charge < -0.3 is 0 Å². The van der Waals surface area contributed by atoms with E-state index < -0.39 is 126 Å². The van der Waals surface area contributed by atoms with Crippen LogP contribution >= 0.6 is 22.9 Å². The van der Waals surface area contributed by atoms with Crippen molar-refractivity contribution < 1.29 is 88.3 Å². The summed E-state index contributed by atoms with van der Waals surface area (Å²) in [6.07, 6.45) is 8.25. The summed E-state index contributed by atoms with van der Waals surface area (Å²) in [7, 11) is -8.50. The third kappa shape index (κ3) is 17.7. The highest BCUT2D eigenvalue weighted by Gasteiger charge is 2.57. The fraction of sp³-hybridized carbons (Fsp3) is 0.309. The number of ketones is 3. The molecule has 133 heavy (non-hydrogen) atoms. The van der Waals surface area contributed by atoms with Crippen LogP contribution in [0.25, 0.3) is 35.3 Å². The maximum atomic E-state index is 14.6. The zero-order chi connectivity index (χ0) is 94.0. The second kappa shape index (κ2) is 34.7. The Bertz CT molecular complexity index is 7030. The van der Waals surface area contributed by atoms with Crippen LogP contribution in [-0.2, 0) is 74.1 Å². The molecule has 5 saturated carbocycles. The number of alkyl halides is 9. The first-order chi connectivity index (χ1) is 63.1. The lowest BCUT2D eigenvalue weighted by Gasteiger charge is -2.47. The van der Waals surface area contributed by atoms with Gasteiger partial charge >= 0.3 is 18.5 Å². The van der Waals surface area contributed by atoms with Gasteiger partial charge in [0, 0.05) is 61.4 Å². The molecule has 8 heterocycles. The number of aryl methyl sites for hydroxylation is 1. The number of rotatable bonds is 20. The minimum absolute atomic E-state index is 0.0227. The first kappa shape index (κ1) is 91.8. The quantitative estimate of drug-likeness (QED) is 0.0298. The number of Topliss-reactive ketones (excluding diaryl/α,β-unsaturated/α-hetero) is 3. The molecule has 8 atom stereocenters. The lowest BCUT2D eigenvalue weighted by atomic mass is 9.60. The molecule has 0 saturated heterocycles. The van der Waals surface area contributed by atoms with E-state index in [9.17, 15) is 88.3 Å². The number of fused-ring (bicyclic) bond motifs is 6. The summed E-state index contributed by atoms with van der Waals surface area (Å²) in [6, 6.07) is 30.1. The smallest absolute Gasteiger partial charge is 0.291 e. The summed E-state index contributed by atoms with van der Waals surface area (Å²) < 4.78 is 242. The van der Waals surface area contributed by atoms with Crippen molar-refractivity contribution in [2.75, 3.05) is 6.54 Å². The molecule has 0 amide bonds. The summed E-state index contributed by atoms with van der Waals surface area (Å²) >= 11 is 6.33. The maximum Gasteiger partial charge on any atom is 0.427 e. The van der Waals surface area contributed by atoms with Crippen LogP contribution in [0.5, 0.6) is 0 Å². The van der Waals surface area contributed by atoms with E-state index >= 15 is 0 Å². The number of sulfone groups is 1. The number of aromatic nitrogens is 12. The van der Waals surface area contributed by atoms with Crippen LogP contribution in [0.2, 0.25) is 5.15 Å². The molecule has 0 radical (unpaired) electrons. The number of thiazole rings is 1. The molecule has 2 unspecified atom stereocenters. The Balaban J connectivity index is 0.000000134.